The van der Waals surface area contributed by atoms with Gasteiger partial charge in [-0.2, -0.15) is 0 Å². The molecule has 0 aliphatic carbocycles. The lowest BCUT2D eigenvalue weighted by atomic mass is 10.1. The summed E-state index contributed by atoms with van der Waals surface area (Å²) in [5.41, 5.74) is -0.931. The Hall–Kier alpha value is -2.88. The summed E-state index contributed by atoms with van der Waals surface area (Å²) in [5, 5.41) is 1.13. The van der Waals surface area contributed by atoms with Gasteiger partial charge in [0.2, 0.25) is 0 Å². The monoisotopic (exact) mass is 450 g/mol. The molecule has 1 saturated heterocycles. The fourth-order valence-corrected chi connectivity index (χ4v) is 3.63. The molecule has 1 aliphatic rings. The van der Waals surface area contributed by atoms with Crippen LogP contribution in [0.1, 0.15) is 34.6 Å². The van der Waals surface area contributed by atoms with Crippen molar-refractivity contribution in [1.82, 2.24) is 10.2 Å². The van der Waals surface area contributed by atoms with Gasteiger partial charge in [-0.1, -0.05) is 43.8 Å². The molecule has 0 aromatic heterocycles. The number of β-lactam (4-membered cyclic amide) rings is 1. The topological polar surface area (TPSA) is 119 Å². The first-order chi connectivity index (χ1) is 14.4. The van der Waals surface area contributed by atoms with Crippen LogP contribution in [0.2, 0.25) is 0 Å². The van der Waals surface area contributed by atoms with E-state index in [1.165, 1.54) is 0 Å². The van der Waals surface area contributed by atoms with Crippen molar-refractivity contribution in [1.29, 1.82) is 0 Å². The van der Waals surface area contributed by atoms with Crippen molar-refractivity contribution in [2.75, 3.05) is 6.61 Å². The van der Waals surface area contributed by atoms with E-state index in [9.17, 15) is 24.0 Å². The SMILES string of the molecule is CC(C)C(=O)S[C@@H]1[C@H](NC(=O)COc2ccccc2)C(=O)N1C(=O)C(=O)OC(C)(C)C. The van der Waals surface area contributed by atoms with Crippen molar-refractivity contribution in [3.8, 4) is 5.75 Å². The molecule has 2 rings (SSSR count). The van der Waals surface area contributed by atoms with E-state index < -0.39 is 40.7 Å². The number of amides is 3. The van der Waals surface area contributed by atoms with Crippen molar-refractivity contribution < 1.29 is 33.4 Å². The van der Waals surface area contributed by atoms with Crippen LogP contribution < -0.4 is 10.1 Å². The number of nitrogens with one attached hydrogen (secondary N) is 1. The molecule has 1 N–H and O–H groups in total. The molecule has 2 atom stereocenters. The predicted molar refractivity (Wildman–Crippen MR) is 113 cm³/mol. The molecule has 0 saturated carbocycles. The third kappa shape index (κ3) is 6.55. The van der Waals surface area contributed by atoms with Crippen LogP contribution in [0, 0.1) is 5.92 Å². The summed E-state index contributed by atoms with van der Waals surface area (Å²) >= 11 is 0.717. The number of rotatable bonds is 6. The first-order valence-electron chi connectivity index (χ1n) is 9.69. The van der Waals surface area contributed by atoms with Crippen molar-refractivity contribution in [3.63, 3.8) is 0 Å². The third-order valence-corrected chi connectivity index (χ3v) is 5.40. The van der Waals surface area contributed by atoms with Crippen LogP contribution >= 0.6 is 11.8 Å². The minimum atomic E-state index is -1.21. The minimum Gasteiger partial charge on any atom is -0.484 e. The van der Waals surface area contributed by atoms with E-state index in [2.05, 4.69) is 5.32 Å². The molecule has 0 spiro atoms. The van der Waals surface area contributed by atoms with Crippen LogP contribution in [0.25, 0.3) is 0 Å². The van der Waals surface area contributed by atoms with Crippen molar-refractivity contribution in [3.05, 3.63) is 30.3 Å². The van der Waals surface area contributed by atoms with E-state index >= 15 is 0 Å². The summed E-state index contributed by atoms with van der Waals surface area (Å²) in [6.45, 7) is 7.72. The molecule has 1 fully saturated rings. The summed E-state index contributed by atoms with van der Waals surface area (Å²) in [6, 6.07) is 7.47. The number of imide groups is 1. The molecule has 9 nitrogen and oxygen atoms in total. The van der Waals surface area contributed by atoms with E-state index in [0.717, 1.165) is 0 Å². The number of nitrogens with zero attached hydrogens (tertiary/aromatic N) is 1. The highest BCUT2D eigenvalue weighted by atomic mass is 32.2. The first kappa shape index (κ1) is 24.4. The van der Waals surface area contributed by atoms with Crippen LogP contribution in [0.3, 0.4) is 0 Å². The van der Waals surface area contributed by atoms with Gasteiger partial charge in [-0.15, -0.1) is 0 Å². The highest BCUT2D eigenvalue weighted by Gasteiger charge is 2.55. The van der Waals surface area contributed by atoms with Gasteiger partial charge >= 0.3 is 11.9 Å². The van der Waals surface area contributed by atoms with Gasteiger partial charge in [-0.05, 0) is 32.9 Å². The minimum absolute atomic E-state index is 0.292. The van der Waals surface area contributed by atoms with E-state index in [4.69, 9.17) is 9.47 Å². The Kier molecular flexibility index (Phi) is 7.83. The van der Waals surface area contributed by atoms with Gasteiger partial charge in [0.15, 0.2) is 11.7 Å². The van der Waals surface area contributed by atoms with Gasteiger partial charge in [-0.25, -0.2) is 4.79 Å². The summed E-state index contributed by atoms with van der Waals surface area (Å²) in [4.78, 5) is 62.3. The molecule has 0 unspecified atom stereocenters. The number of para-hydroxylation sites is 1. The number of benzene rings is 1. The van der Waals surface area contributed by atoms with Crippen LogP contribution in [-0.4, -0.2) is 57.3 Å². The Morgan fingerprint density at radius 2 is 1.74 bits per heavy atom. The van der Waals surface area contributed by atoms with Crippen molar-refractivity contribution >= 4 is 40.6 Å². The highest BCUT2D eigenvalue weighted by molar-refractivity contribution is 8.14. The van der Waals surface area contributed by atoms with Gasteiger partial charge in [0, 0.05) is 5.92 Å². The molecule has 0 bridgehead atoms. The molecule has 3 amide bonds. The van der Waals surface area contributed by atoms with Crippen LogP contribution in [0.15, 0.2) is 30.3 Å². The maximum Gasteiger partial charge on any atom is 0.398 e. The molecular formula is C21H26N2O7S. The quantitative estimate of drug-likeness (QED) is 0.393. The number of carbonyl (C=O) groups is 5. The molecule has 31 heavy (non-hydrogen) atoms. The smallest absolute Gasteiger partial charge is 0.398 e. The number of hydrogen-bond donors (Lipinski definition) is 1. The van der Waals surface area contributed by atoms with Crippen molar-refractivity contribution in [2.45, 2.75) is 51.6 Å². The Labute approximate surface area is 184 Å². The van der Waals surface area contributed by atoms with E-state index in [1.807, 2.05) is 0 Å². The number of ether oxygens (including phenoxy) is 2. The third-order valence-electron chi connectivity index (χ3n) is 3.97. The number of likely N-dealkylation sites (tertiary alicyclic amines) is 1. The molecule has 1 aliphatic heterocycles. The van der Waals surface area contributed by atoms with Crippen LogP contribution in [-0.2, 0) is 28.7 Å². The first-order valence-corrected chi connectivity index (χ1v) is 10.6. The lowest BCUT2D eigenvalue weighted by molar-refractivity contribution is -0.175. The number of esters is 1. The van der Waals surface area contributed by atoms with Gasteiger partial charge in [0.1, 0.15) is 22.8 Å². The Bertz CT molecular complexity index is 864. The summed E-state index contributed by atoms with van der Waals surface area (Å²) in [6.07, 6.45) is 0. The van der Waals surface area contributed by atoms with E-state index in [0.29, 0.717) is 22.4 Å². The Morgan fingerprint density at radius 1 is 1.13 bits per heavy atom. The molecule has 1 aromatic carbocycles. The van der Waals surface area contributed by atoms with Gasteiger partial charge in [0.05, 0.1) is 0 Å². The van der Waals surface area contributed by atoms with Crippen LogP contribution in [0.5, 0.6) is 5.75 Å². The Balaban J connectivity index is 2.08. The van der Waals surface area contributed by atoms with Crippen LogP contribution in [0.4, 0.5) is 0 Å². The highest BCUT2D eigenvalue weighted by Crippen LogP contribution is 2.33. The number of hydrogen-bond acceptors (Lipinski definition) is 8. The average Bonchev–Trinajstić information content (AvgIpc) is 2.69. The average molecular weight is 451 g/mol. The zero-order valence-corrected chi connectivity index (χ0v) is 18.9. The maximum atomic E-state index is 12.6. The zero-order chi connectivity index (χ0) is 23.3. The molecule has 0 radical (unpaired) electrons. The fraction of sp³-hybridized carbons (Fsp3) is 0.476. The second-order valence-corrected chi connectivity index (χ2v) is 9.27. The predicted octanol–water partition coefficient (Wildman–Crippen LogP) is 1.50. The second kappa shape index (κ2) is 9.95. The lowest BCUT2D eigenvalue weighted by Crippen LogP contribution is -2.72. The summed E-state index contributed by atoms with van der Waals surface area (Å²) in [7, 11) is 0. The van der Waals surface area contributed by atoms with E-state index in [1.54, 1.807) is 65.0 Å². The second-order valence-electron chi connectivity index (χ2n) is 8.14. The lowest BCUT2D eigenvalue weighted by Gasteiger charge is -2.44. The Morgan fingerprint density at radius 3 is 2.29 bits per heavy atom. The summed E-state index contributed by atoms with van der Waals surface area (Å²) in [5.74, 6) is -3.69. The molecule has 10 heteroatoms. The number of thioether (sulfide) groups is 1. The largest absolute Gasteiger partial charge is 0.484 e. The van der Waals surface area contributed by atoms with Gasteiger partial charge in [0.25, 0.3) is 11.8 Å². The molecular weight excluding hydrogens is 424 g/mol. The van der Waals surface area contributed by atoms with E-state index in [-0.39, 0.29) is 17.6 Å². The van der Waals surface area contributed by atoms with Crippen molar-refractivity contribution in [2.24, 2.45) is 5.92 Å². The number of carbonyl (C=O) groups excluding carboxylic acids is 5. The fourth-order valence-electron chi connectivity index (χ4n) is 2.49. The molecule has 168 valence electrons. The standard InChI is InChI=1S/C21H26N2O7S/c1-12(2)20(28)31-18-15(22-14(24)11-29-13-9-7-6-8-10-13)16(25)23(18)17(26)19(27)30-21(3,4)5/h6-10,12,15,18H,11H2,1-5H3,(H,22,24)/t15-,18-/m1/s1. The molecule has 1 aromatic rings. The maximum absolute atomic E-state index is 12.6. The van der Waals surface area contributed by atoms with Gasteiger partial charge < -0.3 is 14.8 Å². The zero-order valence-electron chi connectivity index (χ0n) is 18.0. The molecule has 1 heterocycles. The summed E-state index contributed by atoms with van der Waals surface area (Å²) < 4.78 is 10.4. The normalized spacial score (nSPS) is 18.3. The van der Waals surface area contributed by atoms with Gasteiger partial charge in [-0.3, -0.25) is 24.1 Å².